The molecule has 0 saturated carbocycles. The van der Waals surface area contributed by atoms with E-state index in [2.05, 4.69) is 63.6 Å². The van der Waals surface area contributed by atoms with Crippen molar-refractivity contribution < 1.29 is 10.2 Å². The Morgan fingerprint density at radius 1 is 1.00 bits per heavy atom. The molecular formula is C23H31N3O2S. The first-order chi connectivity index (χ1) is 13.4. The van der Waals surface area contributed by atoms with Crippen molar-refractivity contribution in [3.05, 3.63) is 48.0 Å². The molecule has 2 N–H and O–H groups in total. The van der Waals surface area contributed by atoms with Crippen LogP contribution in [-0.4, -0.2) is 36.6 Å². The number of thioether (sulfide) groups is 1. The summed E-state index contributed by atoms with van der Waals surface area (Å²) in [6.45, 7) is 13.1. The molecule has 3 rings (SSSR count). The number of aromatic nitrogens is 3. The van der Waals surface area contributed by atoms with Gasteiger partial charge in [-0.05, 0) is 29.0 Å². The van der Waals surface area contributed by atoms with Gasteiger partial charge in [-0.1, -0.05) is 41.5 Å². The Labute approximate surface area is 177 Å². The SMILES string of the molecule is CC(C)(C)c1cc(SCC(O)Cn2ccc3ncnc-3c2)cc(C(C)(C)C)c1O. The average Bonchev–Trinajstić information content (AvgIpc) is 3.06. The second-order valence-electron chi connectivity index (χ2n) is 9.62. The highest BCUT2D eigenvalue weighted by Gasteiger charge is 2.26. The number of fused-ring (bicyclic) bond motifs is 1. The highest BCUT2D eigenvalue weighted by atomic mass is 32.2. The van der Waals surface area contributed by atoms with Crippen molar-refractivity contribution in [2.45, 2.75) is 69.9 Å². The summed E-state index contributed by atoms with van der Waals surface area (Å²) in [4.78, 5) is 9.45. The van der Waals surface area contributed by atoms with Gasteiger partial charge in [-0.3, -0.25) is 0 Å². The van der Waals surface area contributed by atoms with Crippen LogP contribution in [0, 0.1) is 0 Å². The van der Waals surface area contributed by atoms with Gasteiger partial charge in [-0.25, -0.2) is 9.97 Å². The Morgan fingerprint density at radius 2 is 1.59 bits per heavy atom. The molecule has 29 heavy (non-hydrogen) atoms. The van der Waals surface area contributed by atoms with E-state index in [9.17, 15) is 10.2 Å². The zero-order valence-corrected chi connectivity index (χ0v) is 18.9. The van der Waals surface area contributed by atoms with Gasteiger partial charge in [-0.15, -0.1) is 11.8 Å². The lowest BCUT2D eigenvalue weighted by Gasteiger charge is -2.28. The van der Waals surface area contributed by atoms with Crippen LogP contribution in [0.3, 0.4) is 0 Å². The fourth-order valence-corrected chi connectivity index (χ4v) is 4.21. The van der Waals surface area contributed by atoms with Gasteiger partial charge in [0.1, 0.15) is 17.8 Å². The summed E-state index contributed by atoms with van der Waals surface area (Å²) < 4.78 is 1.94. The molecule has 0 aliphatic carbocycles. The third-order valence-electron chi connectivity index (χ3n) is 4.93. The maximum Gasteiger partial charge on any atom is 0.123 e. The fourth-order valence-electron chi connectivity index (χ4n) is 3.32. The smallest absolute Gasteiger partial charge is 0.123 e. The van der Waals surface area contributed by atoms with E-state index < -0.39 is 6.10 Å². The summed E-state index contributed by atoms with van der Waals surface area (Å²) in [5.74, 6) is 0.949. The number of aliphatic hydroxyl groups is 1. The minimum Gasteiger partial charge on any atom is -0.507 e. The molecule has 5 nitrogen and oxygen atoms in total. The molecule has 0 radical (unpaired) electrons. The molecule has 0 fully saturated rings. The lowest BCUT2D eigenvalue weighted by Crippen LogP contribution is -2.19. The molecule has 0 saturated heterocycles. The highest BCUT2D eigenvalue weighted by Crippen LogP contribution is 2.41. The Hall–Kier alpha value is -2.05. The minimum absolute atomic E-state index is 0.162. The van der Waals surface area contributed by atoms with Gasteiger partial charge in [0.05, 0.1) is 11.8 Å². The van der Waals surface area contributed by atoms with Crippen LogP contribution in [0.15, 0.2) is 41.8 Å². The van der Waals surface area contributed by atoms with Crippen molar-refractivity contribution >= 4 is 11.8 Å². The standard InChI is InChI=1S/C23H31N3O2S/c1-22(2,3)17-9-16(10-18(21(17)28)23(4,5)6)29-13-15(27)11-26-8-7-19-20(12-26)25-14-24-19/h7-10,12,14-15,27-28H,11,13H2,1-6H3. The van der Waals surface area contributed by atoms with Gasteiger partial charge in [0.25, 0.3) is 0 Å². The number of aromatic hydroxyl groups is 1. The first kappa shape index (κ1) is 21.7. The van der Waals surface area contributed by atoms with Gasteiger partial charge in [0, 0.05) is 40.7 Å². The molecule has 0 bridgehead atoms. The van der Waals surface area contributed by atoms with Gasteiger partial charge in [-0.2, -0.15) is 0 Å². The van der Waals surface area contributed by atoms with Crippen LogP contribution in [0.5, 0.6) is 5.75 Å². The number of nitrogens with zero attached hydrogens (tertiary/aromatic N) is 3. The first-order valence-electron chi connectivity index (χ1n) is 9.90. The van der Waals surface area contributed by atoms with E-state index in [0.29, 0.717) is 18.0 Å². The third-order valence-corrected chi connectivity index (χ3v) is 6.05. The van der Waals surface area contributed by atoms with Gasteiger partial charge < -0.3 is 14.8 Å². The van der Waals surface area contributed by atoms with Crippen molar-refractivity contribution in [3.8, 4) is 17.1 Å². The quantitative estimate of drug-likeness (QED) is 0.586. The van der Waals surface area contributed by atoms with Crippen molar-refractivity contribution in [1.82, 2.24) is 14.5 Å². The predicted octanol–water partition coefficient (Wildman–Crippen LogP) is 4.84. The number of phenolic OH excluding ortho intramolecular Hbond substituents is 1. The summed E-state index contributed by atoms with van der Waals surface area (Å²) in [6, 6.07) is 6.02. The summed E-state index contributed by atoms with van der Waals surface area (Å²) in [6.07, 6.45) is 4.87. The first-order valence-corrected chi connectivity index (χ1v) is 10.9. The molecular weight excluding hydrogens is 382 g/mol. The van der Waals surface area contributed by atoms with E-state index in [1.165, 1.54) is 0 Å². The molecule has 1 unspecified atom stereocenters. The molecule has 2 heterocycles. The van der Waals surface area contributed by atoms with E-state index in [-0.39, 0.29) is 10.8 Å². The Morgan fingerprint density at radius 3 is 2.17 bits per heavy atom. The van der Waals surface area contributed by atoms with Crippen LogP contribution in [0.4, 0.5) is 0 Å². The van der Waals surface area contributed by atoms with Crippen LogP contribution >= 0.6 is 11.8 Å². The minimum atomic E-state index is -0.504. The second kappa shape index (κ2) is 8.00. The van der Waals surface area contributed by atoms with Gasteiger partial charge >= 0.3 is 0 Å². The molecule has 2 aliphatic heterocycles. The average molecular weight is 414 g/mol. The fraction of sp³-hybridized carbons (Fsp3) is 0.478. The topological polar surface area (TPSA) is 71.2 Å². The largest absolute Gasteiger partial charge is 0.507 e. The number of aliphatic hydroxyl groups excluding tert-OH is 1. The number of phenols is 1. The maximum absolute atomic E-state index is 10.9. The van der Waals surface area contributed by atoms with Crippen LogP contribution < -0.4 is 0 Å². The number of pyridine rings is 1. The van der Waals surface area contributed by atoms with E-state index in [1.807, 2.05) is 23.0 Å². The van der Waals surface area contributed by atoms with E-state index >= 15 is 0 Å². The zero-order chi connectivity index (χ0) is 21.4. The molecule has 0 amide bonds. The molecule has 1 aromatic carbocycles. The monoisotopic (exact) mass is 413 g/mol. The summed E-state index contributed by atoms with van der Waals surface area (Å²) in [7, 11) is 0. The van der Waals surface area contributed by atoms with E-state index in [4.69, 9.17) is 0 Å². The number of hydrogen-bond acceptors (Lipinski definition) is 5. The van der Waals surface area contributed by atoms with Crippen LogP contribution in [-0.2, 0) is 17.4 Å². The molecule has 6 heteroatoms. The molecule has 156 valence electrons. The van der Waals surface area contributed by atoms with Crippen LogP contribution in [0.25, 0.3) is 11.4 Å². The highest BCUT2D eigenvalue weighted by molar-refractivity contribution is 7.99. The lowest BCUT2D eigenvalue weighted by molar-refractivity contribution is 0.178. The van der Waals surface area contributed by atoms with Crippen molar-refractivity contribution in [1.29, 1.82) is 0 Å². The zero-order valence-electron chi connectivity index (χ0n) is 18.1. The summed E-state index contributed by atoms with van der Waals surface area (Å²) in [5.41, 5.74) is 3.25. The molecule has 1 atom stereocenters. The van der Waals surface area contributed by atoms with Crippen molar-refractivity contribution in [2.75, 3.05) is 5.75 Å². The normalized spacial score (nSPS) is 13.8. The van der Waals surface area contributed by atoms with Crippen LogP contribution in [0.1, 0.15) is 52.7 Å². The van der Waals surface area contributed by atoms with Crippen molar-refractivity contribution in [3.63, 3.8) is 0 Å². The Bertz CT molecular complexity index is 918. The number of hydrogen-bond donors (Lipinski definition) is 2. The second-order valence-corrected chi connectivity index (χ2v) is 10.7. The molecule has 0 spiro atoms. The van der Waals surface area contributed by atoms with E-state index in [0.717, 1.165) is 27.4 Å². The third kappa shape index (κ3) is 5.11. The summed E-state index contributed by atoms with van der Waals surface area (Å²) >= 11 is 1.62. The number of rotatable bonds is 5. The Balaban J connectivity index is 1.76. The molecule has 2 aliphatic rings. The number of imidazole rings is 1. The lowest BCUT2D eigenvalue weighted by atomic mass is 9.79. The van der Waals surface area contributed by atoms with Gasteiger partial charge in [0.15, 0.2) is 0 Å². The van der Waals surface area contributed by atoms with Crippen LogP contribution in [0.2, 0.25) is 0 Å². The molecule has 1 aromatic rings. The maximum atomic E-state index is 10.9. The van der Waals surface area contributed by atoms with Crippen molar-refractivity contribution in [2.24, 2.45) is 0 Å². The summed E-state index contributed by atoms with van der Waals surface area (Å²) in [5, 5.41) is 21.4. The number of benzene rings is 1. The predicted molar refractivity (Wildman–Crippen MR) is 119 cm³/mol. The molecule has 0 aromatic heterocycles. The Kier molecular flexibility index (Phi) is 5.97. The van der Waals surface area contributed by atoms with E-state index in [1.54, 1.807) is 18.1 Å². The van der Waals surface area contributed by atoms with Gasteiger partial charge in [0.2, 0.25) is 0 Å².